The zero-order chi connectivity index (χ0) is 14.8. The minimum absolute atomic E-state index is 0.175. The molecular formula is C15H19NO3S. The average molecular weight is 293 g/mol. The van der Waals surface area contributed by atoms with E-state index in [0.29, 0.717) is 12.1 Å². The standard InChI is InChI=1S/C15H19NO3S/c1-15(2,3)19-14(18)16-10-6-7-11-12(17)5-4-8-20-13(11)9-10/h6-7,9H,4-5,8H2,1-3H3,(H,16,18). The molecule has 1 aromatic carbocycles. The number of amides is 1. The van der Waals surface area contributed by atoms with E-state index >= 15 is 0 Å². The summed E-state index contributed by atoms with van der Waals surface area (Å²) in [6.45, 7) is 5.45. The highest BCUT2D eigenvalue weighted by Gasteiger charge is 2.19. The van der Waals surface area contributed by atoms with Crippen LogP contribution in [0.3, 0.4) is 0 Å². The largest absolute Gasteiger partial charge is 0.444 e. The number of thioether (sulfide) groups is 1. The van der Waals surface area contributed by atoms with Crippen LogP contribution in [0.2, 0.25) is 0 Å². The first-order valence-electron chi connectivity index (χ1n) is 6.65. The molecule has 0 saturated carbocycles. The molecule has 0 saturated heterocycles. The molecule has 0 aromatic heterocycles. The number of hydrogen-bond donors (Lipinski definition) is 1. The van der Waals surface area contributed by atoms with E-state index < -0.39 is 11.7 Å². The summed E-state index contributed by atoms with van der Waals surface area (Å²) in [6, 6.07) is 5.36. The maximum atomic E-state index is 11.9. The molecule has 1 heterocycles. The van der Waals surface area contributed by atoms with Crippen molar-refractivity contribution >= 4 is 29.3 Å². The molecule has 1 aliphatic rings. The molecule has 5 heteroatoms. The van der Waals surface area contributed by atoms with Crippen LogP contribution in [0.5, 0.6) is 0 Å². The zero-order valence-corrected chi connectivity index (χ0v) is 12.8. The maximum Gasteiger partial charge on any atom is 0.412 e. The van der Waals surface area contributed by atoms with Crippen LogP contribution in [0, 0.1) is 0 Å². The normalized spacial score (nSPS) is 15.2. The Morgan fingerprint density at radius 2 is 2.10 bits per heavy atom. The Bertz CT molecular complexity index is 534. The molecule has 4 nitrogen and oxygen atoms in total. The van der Waals surface area contributed by atoms with E-state index in [1.807, 2.05) is 26.8 Å². The number of ketones is 1. The first-order chi connectivity index (χ1) is 9.35. The van der Waals surface area contributed by atoms with Crippen LogP contribution in [-0.4, -0.2) is 23.2 Å². The minimum atomic E-state index is -0.527. The number of carbonyl (C=O) groups is 2. The summed E-state index contributed by atoms with van der Waals surface area (Å²) in [5.74, 6) is 1.10. The third-order valence-corrected chi connectivity index (χ3v) is 3.87. The summed E-state index contributed by atoms with van der Waals surface area (Å²) >= 11 is 1.65. The lowest BCUT2D eigenvalue weighted by Gasteiger charge is -2.20. The van der Waals surface area contributed by atoms with Gasteiger partial charge in [0, 0.05) is 22.6 Å². The van der Waals surface area contributed by atoms with Crippen LogP contribution < -0.4 is 5.32 Å². The third-order valence-electron chi connectivity index (χ3n) is 2.73. The lowest BCUT2D eigenvalue weighted by molar-refractivity contribution is 0.0635. The number of benzene rings is 1. The molecule has 0 aliphatic carbocycles. The van der Waals surface area contributed by atoms with Gasteiger partial charge in [-0.1, -0.05) is 0 Å². The van der Waals surface area contributed by atoms with Gasteiger partial charge in [0.15, 0.2) is 5.78 Å². The SMILES string of the molecule is CC(C)(C)OC(=O)Nc1ccc2c(c1)SCCCC2=O. The van der Waals surface area contributed by atoms with Gasteiger partial charge in [0.05, 0.1) is 0 Å². The Hall–Kier alpha value is -1.49. The number of nitrogens with one attached hydrogen (secondary N) is 1. The van der Waals surface area contributed by atoms with E-state index in [9.17, 15) is 9.59 Å². The number of fused-ring (bicyclic) bond motifs is 1. The molecule has 1 amide bonds. The zero-order valence-electron chi connectivity index (χ0n) is 12.0. The van der Waals surface area contributed by atoms with Gasteiger partial charge in [-0.15, -0.1) is 11.8 Å². The Labute approximate surface area is 123 Å². The molecule has 0 radical (unpaired) electrons. The van der Waals surface area contributed by atoms with E-state index in [2.05, 4.69) is 5.32 Å². The molecule has 0 unspecified atom stereocenters. The van der Waals surface area contributed by atoms with Crippen molar-refractivity contribution in [3.63, 3.8) is 0 Å². The second-order valence-corrected chi connectivity index (χ2v) is 6.85. The Morgan fingerprint density at radius 3 is 2.80 bits per heavy atom. The fourth-order valence-corrected chi connectivity index (χ4v) is 2.98. The van der Waals surface area contributed by atoms with E-state index in [4.69, 9.17) is 4.74 Å². The first kappa shape index (κ1) is 14.9. The molecule has 108 valence electrons. The number of carbonyl (C=O) groups excluding carboxylic acids is 2. The number of rotatable bonds is 1. The van der Waals surface area contributed by atoms with E-state index in [1.54, 1.807) is 23.9 Å². The second-order valence-electron chi connectivity index (χ2n) is 5.71. The Kier molecular flexibility index (Phi) is 4.38. The summed E-state index contributed by atoms with van der Waals surface area (Å²) < 4.78 is 5.21. The van der Waals surface area contributed by atoms with Gasteiger partial charge in [0.25, 0.3) is 0 Å². The maximum absolute atomic E-state index is 11.9. The molecule has 1 aliphatic heterocycles. The van der Waals surface area contributed by atoms with Crippen LogP contribution in [-0.2, 0) is 4.74 Å². The third kappa shape index (κ3) is 4.00. The van der Waals surface area contributed by atoms with Gasteiger partial charge in [0.1, 0.15) is 5.60 Å². The minimum Gasteiger partial charge on any atom is -0.444 e. The van der Waals surface area contributed by atoms with Crippen LogP contribution in [0.15, 0.2) is 23.1 Å². The summed E-state index contributed by atoms with van der Waals surface area (Å²) in [6.07, 6.45) is 1.01. The lowest BCUT2D eigenvalue weighted by Crippen LogP contribution is -2.27. The molecule has 1 aromatic rings. The summed E-state index contributed by atoms with van der Waals surface area (Å²) in [4.78, 5) is 24.6. The van der Waals surface area contributed by atoms with Crippen LogP contribution in [0.4, 0.5) is 10.5 Å². The van der Waals surface area contributed by atoms with Crippen molar-refractivity contribution in [2.24, 2.45) is 0 Å². The summed E-state index contributed by atoms with van der Waals surface area (Å²) in [5.41, 5.74) is 0.878. The highest BCUT2D eigenvalue weighted by molar-refractivity contribution is 7.99. The molecule has 2 rings (SSSR count). The summed E-state index contributed by atoms with van der Waals surface area (Å²) in [5, 5.41) is 2.70. The van der Waals surface area contributed by atoms with Crippen molar-refractivity contribution < 1.29 is 14.3 Å². The number of anilines is 1. The molecular weight excluding hydrogens is 274 g/mol. The van der Waals surface area contributed by atoms with Crippen molar-refractivity contribution in [3.8, 4) is 0 Å². The smallest absolute Gasteiger partial charge is 0.412 e. The molecule has 20 heavy (non-hydrogen) atoms. The first-order valence-corrected chi connectivity index (χ1v) is 7.64. The van der Waals surface area contributed by atoms with Crippen molar-refractivity contribution in [1.82, 2.24) is 0 Å². The highest BCUT2D eigenvalue weighted by Crippen LogP contribution is 2.31. The van der Waals surface area contributed by atoms with Crippen LogP contribution in [0.1, 0.15) is 44.0 Å². The van der Waals surface area contributed by atoms with Crippen molar-refractivity contribution in [3.05, 3.63) is 23.8 Å². The highest BCUT2D eigenvalue weighted by atomic mass is 32.2. The van der Waals surface area contributed by atoms with Crippen molar-refractivity contribution in [1.29, 1.82) is 0 Å². The van der Waals surface area contributed by atoms with Gasteiger partial charge < -0.3 is 4.74 Å². The van der Waals surface area contributed by atoms with Gasteiger partial charge in [-0.25, -0.2) is 4.79 Å². The Morgan fingerprint density at radius 1 is 1.35 bits per heavy atom. The van der Waals surface area contributed by atoms with E-state index in [0.717, 1.165) is 22.6 Å². The average Bonchev–Trinajstić information content (AvgIpc) is 2.49. The van der Waals surface area contributed by atoms with Crippen molar-refractivity contribution in [2.75, 3.05) is 11.1 Å². The van der Waals surface area contributed by atoms with Crippen LogP contribution >= 0.6 is 11.8 Å². The number of ether oxygens (including phenoxy) is 1. The predicted octanol–water partition coefficient (Wildman–Crippen LogP) is 4.10. The lowest BCUT2D eigenvalue weighted by atomic mass is 10.1. The molecule has 0 fully saturated rings. The van der Waals surface area contributed by atoms with Crippen molar-refractivity contribution in [2.45, 2.75) is 44.1 Å². The van der Waals surface area contributed by atoms with Gasteiger partial charge in [-0.2, -0.15) is 0 Å². The second kappa shape index (κ2) is 5.87. The Balaban J connectivity index is 2.13. The van der Waals surface area contributed by atoms with Gasteiger partial charge in [-0.05, 0) is 51.1 Å². The summed E-state index contributed by atoms with van der Waals surface area (Å²) in [7, 11) is 0. The molecule has 1 N–H and O–H groups in total. The van der Waals surface area contributed by atoms with Gasteiger partial charge in [0.2, 0.25) is 0 Å². The molecule has 0 atom stereocenters. The topological polar surface area (TPSA) is 55.4 Å². The number of Topliss-reactive ketones (excluding diaryl/α,β-unsaturated/α-hetero) is 1. The monoisotopic (exact) mass is 293 g/mol. The fraction of sp³-hybridized carbons (Fsp3) is 0.467. The quantitative estimate of drug-likeness (QED) is 0.847. The fourth-order valence-electron chi connectivity index (χ4n) is 1.92. The van der Waals surface area contributed by atoms with Gasteiger partial charge >= 0.3 is 6.09 Å². The van der Waals surface area contributed by atoms with Crippen LogP contribution in [0.25, 0.3) is 0 Å². The number of hydrogen-bond acceptors (Lipinski definition) is 4. The van der Waals surface area contributed by atoms with E-state index in [-0.39, 0.29) is 5.78 Å². The molecule has 0 bridgehead atoms. The van der Waals surface area contributed by atoms with Gasteiger partial charge in [-0.3, -0.25) is 10.1 Å². The molecule has 0 spiro atoms. The van der Waals surface area contributed by atoms with E-state index in [1.165, 1.54) is 0 Å². The predicted molar refractivity (Wildman–Crippen MR) is 80.6 cm³/mol.